The second-order valence-electron chi connectivity index (χ2n) is 5.36. The summed E-state index contributed by atoms with van der Waals surface area (Å²) in [4.78, 5) is 11.4. The van der Waals surface area contributed by atoms with Crippen LogP contribution >= 0.6 is 0 Å². The molecule has 0 aromatic carbocycles. The van der Waals surface area contributed by atoms with Gasteiger partial charge >= 0.3 is 12.3 Å². The molecule has 19 heavy (non-hydrogen) atoms. The van der Waals surface area contributed by atoms with Crippen molar-refractivity contribution in [2.24, 2.45) is 11.3 Å². The Kier molecular flexibility index (Phi) is 5.64. The molecule has 0 aliphatic heterocycles. The SMILES string of the molecule is CCCC1CCC(CCOC(F)(F)F)(C(=O)O)CC1. The lowest BCUT2D eigenvalue weighted by Crippen LogP contribution is -2.37. The minimum absolute atomic E-state index is 0.0688. The highest BCUT2D eigenvalue weighted by molar-refractivity contribution is 5.74. The predicted molar refractivity (Wildman–Crippen MR) is 63.6 cm³/mol. The van der Waals surface area contributed by atoms with Crippen molar-refractivity contribution in [3.63, 3.8) is 0 Å². The number of carboxylic acids is 1. The lowest BCUT2D eigenvalue weighted by atomic mass is 9.68. The van der Waals surface area contributed by atoms with Crippen LogP contribution in [-0.2, 0) is 9.53 Å². The summed E-state index contributed by atoms with van der Waals surface area (Å²) in [5.74, 6) is -0.478. The second-order valence-corrected chi connectivity index (χ2v) is 5.36. The minimum Gasteiger partial charge on any atom is -0.481 e. The van der Waals surface area contributed by atoms with Gasteiger partial charge in [0.25, 0.3) is 0 Å². The van der Waals surface area contributed by atoms with E-state index in [0.29, 0.717) is 18.8 Å². The lowest BCUT2D eigenvalue weighted by molar-refractivity contribution is -0.326. The summed E-state index contributed by atoms with van der Waals surface area (Å²) < 4.78 is 39.5. The Labute approximate surface area is 111 Å². The van der Waals surface area contributed by atoms with Gasteiger partial charge in [0.2, 0.25) is 0 Å². The zero-order valence-corrected chi connectivity index (χ0v) is 11.1. The molecule has 0 heterocycles. The van der Waals surface area contributed by atoms with E-state index in [-0.39, 0.29) is 6.42 Å². The zero-order chi connectivity index (χ0) is 14.5. The largest absolute Gasteiger partial charge is 0.522 e. The highest BCUT2D eigenvalue weighted by Crippen LogP contribution is 2.43. The van der Waals surface area contributed by atoms with Crippen molar-refractivity contribution in [3.05, 3.63) is 0 Å². The highest BCUT2D eigenvalue weighted by atomic mass is 19.4. The van der Waals surface area contributed by atoms with Crippen LogP contribution in [0.5, 0.6) is 0 Å². The quantitative estimate of drug-likeness (QED) is 0.801. The van der Waals surface area contributed by atoms with Crippen LogP contribution < -0.4 is 0 Å². The molecule has 1 N–H and O–H groups in total. The number of aliphatic carboxylic acids is 1. The topological polar surface area (TPSA) is 46.5 Å². The van der Waals surface area contributed by atoms with Gasteiger partial charge in [0.15, 0.2) is 0 Å². The third-order valence-corrected chi connectivity index (χ3v) is 4.06. The molecule has 1 aliphatic rings. The van der Waals surface area contributed by atoms with E-state index >= 15 is 0 Å². The first-order valence-corrected chi connectivity index (χ1v) is 6.73. The van der Waals surface area contributed by atoms with E-state index in [0.717, 1.165) is 25.7 Å². The van der Waals surface area contributed by atoms with E-state index in [1.54, 1.807) is 0 Å². The normalized spacial score (nSPS) is 28.3. The average molecular weight is 282 g/mol. The van der Waals surface area contributed by atoms with Crippen molar-refractivity contribution in [2.75, 3.05) is 6.61 Å². The molecular weight excluding hydrogens is 261 g/mol. The van der Waals surface area contributed by atoms with Crippen LogP contribution in [0, 0.1) is 11.3 Å². The van der Waals surface area contributed by atoms with Gasteiger partial charge < -0.3 is 5.11 Å². The molecule has 3 nitrogen and oxygen atoms in total. The summed E-state index contributed by atoms with van der Waals surface area (Å²) >= 11 is 0. The number of hydrogen-bond acceptors (Lipinski definition) is 2. The van der Waals surface area contributed by atoms with Crippen molar-refractivity contribution in [2.45, 2.75) is 58.2 Å². The fourth-order valence-electron chi connectivity index (χ4n) is 2.86. The van der Waals surface area contributed by atoms with Gasteiger partial charge in [0.05, 0.1) is 12.0 Å². The Morgan fingerprint density at radius 1 is 1.37 bits per heavy atom. The summed E-state index contributed by atoms with van der Waals surface area (Å²) in [5, 5.41) is 9.30. The maximum absolute atomic E-state index is 11.9. The van der Waals surface area contributed by atoms with Crippen LogP contribution in [0.3, 0.4) is 0 Å². The van der Waals surface area contributed by atoms with Gasteiger partial charge in [-0.1, -0.05) is 19.8 Å². The molecule has 1 rings (SSSR count). The molecular formula is C13H21F3O3. The standard InChI is InChI=1S/C13H21F3O3/c1-2-3-10-4-6-12(7-5-10,11(17)18)8-9-19-13(14,15)16/h10H,2-9H2,1H3,(H,17,18). The molecule has 0 bridgehead atoms. The minimum atomic E-state index is -4.68. The Morgan fingerprint density at radius 3 is 2.37 bits per heavy atom. The number of halogens is 3. The smallest absolute Gasteiger partial charge is 0.481 e. The van der Waals surface area contributed by atoms with Crippen LogP contribution in [0.1, 0.15) is 51.9 Å². The number of carbonyl (C=O) groups is 1. The molecule has 0 atom stereocenters. The molecule has 112 valence electrons. The van der Waals surface area contributed by atoms with Crippen molar-refractivity contribution < 1.29 is 27.8 Å². The monoisotopic (exact) mass is 282 g/mol. The number of hydrogen-bond donors (Lipinski definition) is 1. The maximum atomic E-state index is 11.9. The Morgan fingerprint density at radius 2 is 1.95 bits per heavy atom. The first kappa shape index (κ1) is 16.3. The van der Waals surface area contributed by atoms with Crippen LogP contribution in [0.15, 0.2) is 0 Å². The third kappa shape index (κ3) is 5.01. The van der Waals surface area contributed by atoms with Crippen molar-refractivity contribution in [1.29, 1.82) is 0 Å². The molecule has 0 spiro atoms. The van der Waals surface area contributed by atoms with Crippen LogP contribution in [0.2, 0.25) is 0 Å². The lowest BCUT2D eigenvalue weighted by Gasteiger charge is -2.36. The molecule has 0 saturated heterocycles. The van der Waals surface area contributed by atoms with E-state index in [9.17, 15) is 23.1 Å². The van der Waals surface area contributed by atoms with E-state index in [1.807, 2.05) is 0 Å². The molecule has 1 fully saturated rings. The van der Waals surface area contributed by atoms with Crippen LogP contribution in [0.25, 0.3) is 0 Å². The van der Waals surface area contributed by atoms with Crippen molar-refractivity contribution >= 4 is 5.97 Å². The van der Waals surface area contributed by atoms with Gasteiger partial charge in [-0.3, -0.25) is 9.53 Å². The van der Waals surface area contributed by atoms with Gasteiger partial charge in [-0.15, -0.1) is 13.2 Å². The average Bonchev–Trinajstić information content (AvgIpc) is 2.30. The molecule has 0 aromatic heterocycles. The fraction of sp³-hybridized carbons (Fsp3) is 0.923. The zero-order valence-electron chi connectivity index (χ0n) is 11.1. The molecule has 1 aliphatic carbocycles. The van der Waals surface area contributed by atoms with E-state index in [4.69, 9.17) is 0 Å². The summed E-state index contributed by atoms with van der Waals surface area (Å²) in [6, 6.07) is 0. The fourth-order valence-corrected chi connectivity index (χ4v) is 2.86. The summed E-state index contributed by atoms with van der Waals surface area (Å²) in [6.07, 6.45) is -0.156. The molecule has 0 radical (unpaired) electrons. The second kappa shape index (κ2) is 6.59. The van der Waals surface area contributed by atoms with Gasteiger partial charge in [-0.05, 0) is 38.0 Å². The third-order valence-electron chi connectivity index (χ3n) is 4.06. The maximum Gasteiger partial charge on any atom is 0.522 e. The summed E-state index contributed by atoms with van der Waals surface area (Å²) in [6.45, 7) is 1.50. The molecule has 0 aromatic rings. The van der Waals surface area contributed by atoms with Gasteiger partial charge in [-0.25, -0.2) is 0 Å². The van der Waals surface area contributed by atoms with E-state index in [1.165, 1.54) is 0 Å². The molecule has 1 saturated carbocycles. The first-order chi connectivity index (χ1) is 8.79. The predicted octanol–water partition coefficient (Wildman–Crippen LogP) is 3.97. The Bertz CT molecular complexity index is 294. The van der Waals surface area contributed by atoms with E-state index in [2.05, 4.69) is 11.7 Å². The Balaban J connectivity index is 2.51. The molecule has 0 unspecified atom stereocenters. The number of ether oxygens (including phenoxy) is 1. The summed E-state index contributed by atoms with van der Waals surface area (Å²) in [7, 11) is 0. The number of carboxylic acid groups (broad SMARTS) is 1. The van der Waals surface area contributed by atoms with Crippen LogP contribution in [0.4, 0.5) is 13.2 Å². The highest BCUT2D eigenvalue weighted by Gasteiger charge is 2.42. The van der Waals surface area contributed by atoms with Crippen molar-refractivity contribution in [3.8, 4) is 0 Å². The van der Waals surface area contributed by atoms with Crippen molar-refractivity contribution in [1.82, 2.24) is 0 Å². The molecule has 0 amide bonds. The summed E-state index contributed by atoms with van der Waals surface area (Å²) in [5.41, 5.74) is -1.03. The number of rotatable bonds is 6. The van der Waals surface area contributed by atoms with Gasteiger partial charge in [-0.2, -0.15) is 0 Å². The first-order valence-electron chi connectivity index (χ1n) is 6.73. The molecule has 6 heteroatoms. The van der Waals surface area contributed by atoms with Crippen LogP contribution in [-0.4, -0.2) is 24.0 Å². The Hall–Kier alpha value is -0.780. The van der Waals surface area contributed by atoms with Gasteiger partial charge in [0, 0.05) is 0 Å². The number of alkyl halides is 3. The van der Waals surface area contributed by atoms with Gasteiger partial charge in [0.1, 0.15) is 0 Å². The van der Waals surface area contributed by atoms with E-state index < -0.39 is 24.4 Å².